The van der Waals surface area contributed by atoms with E-state index in [0.717, 1.165) is 12.2 Å². The van der Waals surface area contributed by atoms with E-state index in [0.29, 0.717) is 11.4 Å². The van der Waals surface area contributed by atoms with Crippen molar-refractivity contribution in [3.63, 3.8) is 0 Å². The molecule has 0 aliphatic rings. The van der Waals surface area contributed by atoms with E-state index in [-0.39, 0.29) is 18.4 Å². The molecular weight excluding hydrogens is 296 g/mol. The van der Waals surface area contributed by atoms with Crippen LogP contribution in [0.15, 0.2) is 24.3 Å². The number of hydrogen-bond acceptors (Lipinski definition) is 5. The van der Waals surface area contributed by atoms with E-state index in [1.54, 1.807) is 36.0 Å². The van der Waals surface area contributed by atoms with Crippen LogP contribution in [-0.4, -0.2) is 38.8 Å². The van der Waals surface area contributed by atoms with E-state index in [2.05, 4.69) is 4.72 Å². The van der Waals surface area contributed by atoms with Crippen molar-refractivity contribution in [2.45, 2.75) is 19.4 Å². The van der Waals surface area contributed by atoms with Crippen LogP contribution >= 0.6 is 11.8 Å². The Kier molecular flexibility index (Phi) is 7.18. The lowest BCUT2D eigenvalue weighted by Gasteiger charge is -2.16. The van der Waals surface area contributed by atoms with Gasteiger partial charge >= 0.3 is 0 Å². The van der Waals surface area contributed by atoms with Crippen molar-refractivity contribution >= 4 is 27.5 Å². The lowest BCUT2D eigenvalue weighted by molar-refractivity contribution is 0.340. The molecule has 20 heavy (non-hydrogen) atoms. The van der Waals surface area contributed by atoms with Crippen molar-refractivity contribution in [1.29, 1.82) is 0 Å². The fourth-order valence-electron chi connectivity index (χ4n) is 1.58. The zero-order valence-corrected chi connectivity index (χ0v) is 13.5. The number of ether oxygens (including phenoxy) is 1. The fraction of sp³-hybridized carbons (Fsp3) is 0.538. The molecule has 0 saturated heterocycles. The second kappa shape index (κ2) is 8.39. The summed E-state index contributed by atoms with van der Waals surface area (Å²) >= 11 is 1.63. The molecule has 0 heterocycles. The molecular formula is C13H22N2O3S2. The number of rotatable bonds is 9. The Hall–Kier alpha value is -0.920. The topological polar surface area (TPSA) is 81.4 Å². The number of hydrogen-bond donors (Lipinski definition) is 2. The number of nitrogens with one attached hydrogen (secondary N) is 1. The third-order valence-electron chi connectivity index (χ3n) is 2.71. The summed E-state index contributed by atoms with van der Waals surface area (Å²) in [5, 5.41) is 0. The molecule has 7 heteroatoms. The van der Waals surface area contributed by atoms with Gasteiger partial charge in [0.05, 0.1) is 5.75 Å². The normalized spacial score (nSPS) is 13.1. The molecule has 1 rings (SSSR count). The van der Waals surface area contributed by atoms with Gasteiger partial charge in [0.2, 0.25) is 10.0 Å². The molecule has 0 fully saturated rings. The average molecular weight is 318 g/mol. The summed E-state index contributed by atoms with van der Waals surface area (Å²) in [6, 6.07) is 6.85. The Morgan fingerprint density at radius 3 is 2.55 bits per heavy atom. The van der Waals surface area contributed by atoms with Crippen LogP contribution in [-0.2, 0) is 10.0 Å². The smallest absolute Gasteiger partial charge is 0.215 e. The third kappa shape index (κ3) is 6.49. The quantitative estimate of drug-likeness (QED) is 0.677. The molecule has 0 radical (unpaired) electrons. The van der Waals surface area contributed by atoms with E-state index in [4.69, 9.17) is 10.5 Å². The Balaban J connectivity index is 2.41. The maximum absolute atomic E-state index is 11.9. The van der Waals surface area contributed by atoms with Gasteiger partial charge in [-0.05, 0) is 36.9 Å². The number of sulfonamides is 1. The molecule has 1 aromatic rings. The largest absolute Gasteiger partial charge is 0.492 e. The third-order valence-corrected chi connectivity index (χ3v) is 4.84. The molecule has 0 aliphatic carbocycles. The highest BCUT2D eigenvalue weighted by Crippen LogP contribution is 2.13. The van der Waals surface area contributed by atoms with Crippen LogP contribution in [0.1, 0.15) is 13.3 Å². The minimum Gasteiger partial charge on any atom is -0.492 e. The first-order valence-electron chi connectivity index (χ1n) is 6.44. The second-order valence-electron chi connectivity index (χ2n) is 4.41. The lowest BCUT2D eigenvalue weighted by atomic mass is 10.3. The summed E-state index contributed by atoms with van der Waals surface area (Å²) in [5.41, 5.74) is 6.21. The van der Waals surface area contributed by atoms with Gasteiger partial charge in [0, 0.05) is 17.5 Å². The van der Waals surface area contributed by atoms with Crippen molar-refractivity contribution in [2.24, 2.45) is 0 Å². The zero-order valence-electron chi connectivity index (χ0n) is 11.8. The van der Waals surface area contributed by atoms with Gasteiger partial charge in [0.1, 0.15) is 12.4 Å². The van der Waals surface area contributed by atoms with Gasteiger partial charge in [-0.2, -0.15) is 11.8 Å². The first-order chi connectivity index (χ1) is 9.46. The van der Waals surface area contributed by atoms with Crippen LogP contribution in [0.5, 0.6) is 5.75 Å². The molecule has 0 aromatic heterocycles. The maximum atomic E-state index is 11.9. The number of nitrogens with two attached hydrogens (primary N) is 1. The monoisotopic (exact) mass is 318 g/mol. The van der Waals surface area contributed by atoms with Crippen molar-refractivity contribution in [3.8, 4) is 5.75 Å². The van der Waals surface area contributed by atoms with Crippen molar-refractivity contribution < 1.29 is 13.2 Å². The number of thioether (sulfide) groups is 1. The van der Waals surface area contributed by atoms with Crippen LogP contribution < -0.4 is 15.2 Å². The summed E-state index contributed by atoms with van der Waals surface area (Å²) in [5.74, 6) is 1.34. The van der Waals surface area contributed by atoms with Crippen molar-refractivity contribution in [2.75, 3.05) is 30.1 Å². The minimum atomic E-state index is -3.31. The highest BCUT2D eigenvalue weighted by atomic mass is 32.2. The van der Waals surface area contributed by atoms with Crippen LogP contribution in [0.3, 0.4) is 0 Å². The molecule has 1 aromatic carbocycles. The molecule has 114 valence electrons. The molecule has 0 amide bonds. The van der Waals surface area contributed by atoms with E-state index in [1.807, 2.05) is 13.2 Å². The molecule has 0 aliphatic heterocycles. The van der Waals surface area contributed by atoms with Gasteiger partial charge in [-0.15, -0.1) is 0 Å². The number of anilines is 1. The summed E-state index contributed by atoms with van der Waals surface area (Å²) in [6.07, 6.45) is 2.74. The number of benzene rings is 1. The predicted molar refractivity (Wildman–Crippen MR) is 85.7 cm³/mol. The van der Waals surface area contributed by atoms with Gasteiger partial charge in [0.15, 0.2) is 0 Å². The molecule has 1 unspecified atom stereocenters. The number of nitrogen functional groups attached to an aromatic ring is 1. The lowest BCUT2D eigenvalue weighted by Crippen LogP contribution is -2.38. The van der Waals surface area contributed by atoms with Gasteiger partial charge in [-0.1, -0.05) is 6.92 Å². The molecule has 0 spiro atoms. The Morgan fingerprint density at radius 1 is 1.35 bits per heavy atom. The van der Waals surface area contributed by atoms with Crippen LogP contribution in [0, 0.1) is 0 Å². The molecule has 1 atom stereocenters. The molecule has 0 bridgehead atoms. The summed E-state index contributed by atoms with van der Waals surface area (Å²) in [7, 11) is -3.31. The van der Waals surface area contributed by atoms with Gasteiger partial charge in [0.25, 0.3) is 0 Å². The first kappa shape index (κ1) is 17.1. The van der Waals surface area contributed by atoms with Crippen molar-refractivity contribution in [3.05, 3.63) is 24.3 Å². The summed E-state index contributed by atoms with van der Waals surface area (Å²) in [6.45, 7) is 2.09. The first-order valence-corrected chi connectivity index (χ1v) is 9.48. The highest BCUT2D eigenvalue weighted by Gasteiger charge is 2.16. The zero-order chi connectivity index (χ0) is 15.0. The Bertz CT molecular complexity index is 489. The fourth-order valence-corrected chi connectivity index (χ4v) is 3.59. The van der Waals surface area contributed by atoms with E-state index >= 15 is 0 Å². The van der Waals surface area contributed by atoms with E-state index < -0.39 is 10.0 Å². The van der Waals surface area contributed by atoms with E-state index in [1.165, 1.54) is 0 Å². The Morgan fingerprint density at radius 2 is 2.00 bits per heavy atom. The predicted octanol–water partition coefficient (Wildman–Crippen LogP) is 1.71. The second-order valence-corrected chi connectivity index (χ2v) is 7.20. The molecule has 5 nitrogen and oxygen atoms in total. The summed E-state index contributed by atoms with van der Waals surface area (Å²) in [4.78, 5) is 0. The maximum Gasteiger partial charge on any atom is 0.215 e. The highest BCUT2D eigenvalue weighted by molar-refractivity contribution is 7.98. The van der Waals surface area contributed by atoms with Crippen LogP contribution in [0.25, 0.3) is 0 Å². The van der Waals surface area contributed by atoms with Crippen molar-refractivity contribution in [1.82, 2.24) is 4.72 Å². The molecule has 0 saturated carbocycles. The SMILES string of the molecule is CCC(CSC)NS(=O)(=O)CCOc1ccc(N)cc1. The minimum absolute atomic E-state index is 0.0217. The van der Waals surface area contributed by atoms with Crippen LogP contribution in [0.4, 0.5) is 5.69 Å². The molecule has 3 N–H and O–H groups in total. The Labute approximate surface area is 125 Å². The van der Waals surface area contributed by atoms with E-state index in [9.17, 15) is 8.42 Å². The van der Waals surface area contributed by atoms with Crippen LogP contribution in [0.2, 0.25) is 0 Å². The van der Waals surface area contributed by atoms with Gasteiger partial charge in [-0.3, -0.25) is 0 Å². The standard InChI is InChI=1S/C13H22N2O3S2/c1-3-12(10-19-2)15-20(16,17)9-8-18-13-6-4-11(14)5-7-13/h4-7,12,15H,3,8-10,14H2,1-2H3. The average Bonchev–Trinajstić information content (AvgIpc) is 2.40. The van der Waals surface area contributed by atoms with Gasteiger partial charge in [-0.25, -0.2) is 13.1 Å². The van der Waals surface area contributed by atoms with Gasteiger partial charge < -0.3 is 10.5 Å². The summed E-state index contributed by atoms with van der Waals surface area (Å²) < 4.78 is 31.9.